The zero-order valence-corrected chi connectivity index (χ0v) is 26.7. The third-order valence-electron chi connectivity index (χ3n) is 7.71. The van der Waals surface area contributed by atoms with E-state index < -0.39 is 57.3 Å². The topological polar surface area (TPSA) is 244 Å². The molecule has 0 atom stereocenters. The standard InChI is InChI=1S/C28H11BrN2O13S3/c29-17-7-15-19(28(35)14-6-10(46(37,38)39)2-4-12(14)25(15)32)23-21(17)30-24-20-16(8-18(22(24)31-23)47(40,41)42)26(33)11-3-1-9(45-44-43-36)5-13(11)27(20)34/h1-8,36H,(H,37,38,39)(H,40,41,42)/p+2. The molecule has 7 aromatic rings. The summed E-state index contributed by atoms with van der Waals surface area (Å²) >= 11 is 3.86. The van der Waals surface area contributed by atoms with E-state index in [1.807, 2.05) is 0 Å². The molecule has 1 aromatic heterocycles. The molecule has 7 rings (SSSR count). The first-order chi connectivity index (χ1) is 22.1. The van der Waals surface area contributed by atoms with Gasteiger partial charge in [0, 0.05) is 37.2 Å². The molecule has 0 aliphatic heterocycles. The molecule has 1 heterocycles. The van der Waals surface area contributed by atoms with Crippen LogP contribution >= 0.6 is 28.0 Å². The highest BCUT2D eigenvalue weighted by molar-refractivity contribution is 9.10. The lowest BCUT2D eigenvalue weighted by Crippen LogP contribution is -2.26. The third kappa shape index (κ3) is 4.74. The van der Waals surface area contributed by atoms with Crippen LogP contribution in [0.2, 0.25) is 0 Å². The van der Waals surface area contributed by atoms with Crippen LogP contribution in [0.15, 0.2) is 86.9 Å². The van der Waals surface area contributed by atoms with Gasteiger partial charge in [-0.25, -0.2) is 5.26 Å². The Morgan fingerprint density at radius 1 is 0.617 bits per heavy atom. The van der Waals surface area contributed by atoms with Crippen molar-refractivity contribution in [3.63, 3.8) is 0 Å². The molecule has 0 saturated heterocycles. The van der Waals surface area contributed by atoms with Crippen molar-refractivity contribution in [3.8, 4) is 0 Å². The zero-order chi connectivity index (χ0) is 33.7. The summed E-state index contributed by atoms with van der Waals surface area (Å²) in [6.45, 7) is 0. The molecule has 0 saturated carbocycles. The summed E-state index contributed by atoms with van der Waals surface area (Å²) < 4.78 is 73.2. The average molecular weight is 762 g/mol. The molecule has 0 spiro atoms. The summed E-state index contributed by atoms with van der Waals surface area (Å²) in [7, 11) is -9.89. The summed E-state index contributed by atoms with van der Waals surface area (Å²) in [6.07, 6.45) is 0. The van der Waals surface area contributed by atoms with Crippen LogP contribution in [-0.2, 0) is 29.6 Å². The number of fused-ring (bicyclic) bond motifs is 8. The smallest absolute Gasteiger partial charge is 0.289 e. The first kappa shape index (κ1) is 31.3. The summed E-state index contributed by atoms with van der Waals surface area (Å²) in [4.78, 5) is 59.3. The fourth-order valence-corrected chi connectivity index (χ4v) is 7.84. The van der Waals surface area contributed by atoms with Gasteiger partial charge in [0.1, 0.15) is 10.8 Å². The number of H-pyrrole nitrogens is 2. The normalized spacial score (nSPS) is 12.8. The predicted octanol–water partition coefficient (Wildman–Crippen LogP) is 2.23. The predicted molar refractivity (Wildman–Crippen MR) is 170 cm³/mol. The Morgan fingerprint density at radius 2 is 1.17 bits per heavy atom. The van der Waals surface area contributed by atoms with Gasteiger partial charge in [-0.15, -0.1) is 4.33 Å². The van der Waals surface area contributed by atoms with Crippen LogP contribution in [0.1, 0.15) is 0 Å². The lowest BCUT2D eigenvalue weighted by Gasteiger charge is -2.06. The molecular weight excluding hydrogens is 748 g/mol. The van der Waals surface area contributed by atoms with Gasteiger partial charge in [0.25, 0.3) is 32.2 Å². The number of hydrogen-bond acceptors (Lipinski definition) is 12. The van der Waals surface area contributed by atoms with Crippen LogP contribution in [0, 0.1) is 0 Å². The fourth-order valence-electron chi connectivity index (χ4n) is 5.73. The quantitative estimate of drug-likeness (QED) is 0.0569. The summed E-state index contributed by atoms with van der Waals surface area (Å²) in [5.41, 5.74) is -3.94. The van der Waals surface area contributed by atoms with Crippen molar-refractivity contribution in [3.05, 3.63) is 93.9 Å². The van der Waals surface area contributed by atoms with Gasteiger partial charge in [0.2, 0.25) is 10.9 Å². The van der Waals surface area contributed by atoms with Gasteiger partial charge in [0.15, 0.2) is 15.8 Å². The third-order valence-corrected chi connectivity index (χ3v) is 10.6. The molecule has 5 N–H and O–H groups in total. The lowest BCUT2D eigenvalue weighted by atomic mass is 9.99. The minimum absolute atomic E-state index is 0.0188. The van der Waals surface area contributed by atoms with Gasteiger partial charge in [-0.3, -0.25) is 28.3 Å². The molecule has 15 nitrogen and oxygen atoms in total. The summed E-state index contributed by atoms with van der Waals surface area (Å²) in [5.74, 6) is 0. The van der Waals surface area contributed by atoms with E-state index in [4.69, 9.17) is 5.26 Å². The van der Waals surface area contributed by atoms with Gasteiger partial charge in [-0.05, 0) is 64.5 Å². The van der Waals surface area contributed by atoms with E-state index in [1.54, 1.807) is 0 Å². The minimum atomic E-state index is -5.12. The Labute approximate surface area is 271 Å². The Bertz CT molecular complexity index is 3050. The number of nitrogens with one attached hydrogen (secondary N) is 2. The minimum Gasteiger partial charge on any atom is -0.289 e. The summed E-state index contributed by atoms with van der Waals surface area (Å²) in [5, 5.41) is 10.2. The van der Waals surface area contributed by atoms with E-state index in [9.17, 15) is 45.1 Å². The van der Waals surface area contributed by atoms with Crippen LogP contribution in [0.3, 0.4) is 0 Å². The molecule has 19 heteroatoms. The summed E-state index contributed by atoms with van der Waals surface area (Å²) in [6, 6.07) is 8.92. The molecule has 0 aliphatic rings. The van der Waals surface area contributed by atoms with E-state index in [1.165, 1.54) is 24.3 Å². The number of benzene rings is 6. The second-order valence-electron chi connectivity index (χ2n) is 10.2. The number of halogens is 1. The Balaban J connectivity index is 1.72. The van der Waals surface area contributed by atoms with Gasteiger partial charge < -0.3 is 0 Å². The van der Waals surface area contributed by atoms with Gasteiger partial charge >= 0.3 is 10.1 Å². The Morgan fingerprint density at radius 3 is 1.77 bits per heavy atom. The zero-order valence-electron chi connectivity index (χ0n) is 22.6. The molecule has 0 unspecified atom stereocenters. The van der Waals surface area contributed by atoms with E-state index in [0.29, 0.717) is 12.0 Å². The van der Waals surface area contributed by atoms with E-state index >= 15 is 0 Å². The number of aromatic nitrogens is 2. The van der Waals surface area contributed by atoms with Crippen LogP contribution in [0.4, 0.5) is 0 Å². The van der Waals surface area contributed by atoms with Crippen LogP contribution < -0.4 is 31.7 Å². The largest absolute Gasteiger partial charge is 0.301 e. The van der Waals surface area contributed by atoms with Gasteiger partial charge in [-0.2, -0.15) is 26.8 Å². The molecule has 47 heavy (non-hydrogen) atoms. The molecule has 0 bridgehead atoms. The number of rotatable bonds is 5. The fraction of sp³-hybridized carbons (Fsp3) is 0. The highest BCUT2D eigenvalue weighted by Crippen LogP contribution is 2.31. The number of aromatic amines is 2. The number of hydrogen-bond donors (Lipinski definition) is 3. The molecule has 236 valence electrons. The van der Waals surface area contributed by atoms with E-state index in [0.717, 1.165) is 24.3 Å². The van der Waals surface area contributed by atoms with Crippen molar-refractivity contribution in [2.24, 2.45) is 0 Å². The average Bonchev–Trinajstić information content (AvgIpc) is 3.02. The molecule has 6 aromatic carbocycles. The highest BCUT2D eigenvalue weighted by atomic mass is 79.9. The monoisotopic (exact) mass is 760 g/mol. The van der Waals surface area contributed by atoms with Crippen molar-refractivity contribution < 1.29 is 50.5 Å². The van der Waals surface area contributed by atoms with E-state index in [2.05, 4.69) is 35.3 Å². The van der Waals surface area contributed by atoms with Gasteiger partial charge in [0.05, 0.1) is 21.4 Å². The maximum Gasteiger partial charge on any atom is 0.301 e. The Hall–Kier alpha value is -4.31. The first-order valence-electron chi connectivity index (χ1n) is 12.8. The maximum absolute atomic E-state index is 13.9. The van der Waals surface area contributed by atoms with Crippen molar-refractivity contribution in [1.82, 2.24) is 0 Å². The van der Waals surface area contributed by atoms with Crippen molar-refractivity contribution in [2.75, 3.05) is 0 Å². The highest BCUT2D eigenvalue weighted by Gasteiger charge is 2.33. The van der Waals surface area contributed by atoms with Crippen LogP contribution in [0.5, 0.6) is 0 Å². The van der Waals surface area contributed by atoms with Crippen molar-refractivity contribution in [2.45, 2.75) is 14.7 Å². The first-order valence-corrected chi connectivity index (χ1v) is 17.2. The Kier molecular flexibility index (Phi) is 7.06. The van der Waals surface area contributed by atoms with Crippen LogP contribution in [0.25, 0.3) is 65.2 Å². The molecule has 0 fully saturated rings. The van der Waals surface area contributed by atoms with Crippen molar-refractivity contribution >= 4 is 113 Å². The molecule has 0 aliphatic carbocycles. The SMILES string of the molecule is O=c1c2ccc(S(=O)(=O)O)cc2c(=O)c2c1cc(Br)c1[nH+]c3c([nH+]c12)c(S(=O)(=O)O)cc1c(=O)c2ccc(SOOO)cc2c(=O)c13. The van der Waals surface area contributed by atoms with E-state index in [-0.39, 0.29) is 69.0 Å². The molecular formula is C28H13BrN2O13S3+2. The lowest BCUT2D eigenvalue weighted by molar-refractivity contribution is -0.432. The second-order valence-corrected chi connectivity index (χ2v) is 14.7. The molecule has 0 amide bonds. The van der Waals surface area contributed by atoms with Crippen molar-refractivity contribution in [1.29, 1.82) is 0 Å². The van der Waals surface area contributed by atoms with Crippen LogP contribution in [-0.4, -0.2) is 31.2 Å². The second kappa shape index (κ2) is 10.6. The maximum atomic E-state index is 13.9. The van der Waals surface area contributed by atoms with Gasteiger partial charge in [-0.1, -0.05) is 5.04 Å². The molecule has 0 radical (unpaired) electrons.